The molecule has 9 nitrogen and oxygen atoms in total. The van der Waals surface area contributed by atoms with Gasteiger partial charge in [0.1, 0.15) is 11.3 Å². The summed E-state index contributed by atoms with van der Waals surface area (Å²) in [5.74, 6) is -0.0156. The van der Waals surface area contributed by atoms with Gasteiger partial charge in [0.25, 0.3) is 5.91 Å². The summed E-state index contributed by atoms with van der Waals surface area (Å²) in [5.41, 5.74) is 2.01. The second kappa shape index (κ2) is 10.3. The van der Waals surface area contributed by atoms with E-state index in [9.17, 15) is 14.4 Å². The molecule has 0 spiro atoms. The van der Waals surface area contributed by atoms with Gasteiger partial charge >= 0.3 is 5.63 Å². The molecule has 1 aromatic heterocycles. The van der Waals surface area contributed by atoms with Crippen LogP contribution in [-0.2, 0) is 14.3 Å². The normalized spacial score (nSPS) is 14.1. The molecule has 2 aromatic carbocycles. The summed E-state index contributed by atoms with van der Waals surface area (Å²) in [6, 6.07) is 13.4. The molecule has 1 fully saturated rings. The molecule has 2 N–H and O–H groups in total. The van der Waals surface area contributed by atoms with Crippen LogP contribution >= 0.6 is 0 Å². The van der Waals surface area contributed by atoms with Crippen molar-refractivity contribution in [1.29, 1.82) is 0 Å². The zero-order valence-electron chi connectivity index (χ0n) is 18.3. The van der Waals surface area contributed by atoms with Crippen molar-refractivity contribution in [3.63, 3.8) is 0 Å². The minimum atomic E-state index is -0.435. The van der Waals surface area contributed by atoms with Gasteiger partial charge in [-0.25, -0.2) is 4.79 Å². The van der Waals surface area contributed by atoms with Gasteiger partial charge in [0.2, 0.25) is 5.91 Å². The third kappa shape index (κ3) is 6.18. The number of carbonyl (C=O) groups is 2. The number of aryl methyl sites for hydroxylation is 1. The highest BCUT2D eigenvalue weighted by Crippen LogP contribution is 2.22. The van der Waals surface area contributed by atoms with E-state index < -0.39 is 5.63 Å². The first-order valence-corrected chi connectivity index (χ1v) is 10.6. The van der Waals surface area contributed by atoms with Gasteiger partial charge in [-0.1, -0.05) is 0 Å². The molecule has 33 heavy (non-hydrogen) atoms. The maximum atomic E-state index is 12.2. The Bertz CT molecular complexity index is 1200. The minimum absolute atomic E-state index is 0.0940. The van der Waals surface area contributed by atoms with E-state index in [1.54, 1.807) is 42.5 Å². The number of amides is 2. The van der Waals surface area contributed by atoms with Crippen molar-refractivity contribution in [3.05, 3.63) is 64.5 Å². The summed E-state index contributed by atoms with van der Waals surface area (Å²) in [6.07, 6.45) is 0. The summed E-state index contributed by atoms with van der Waals surface area (Å²) in [5, 5.41) is 6.40. The fourth-order valence-electron chi connectivity index (χ4n) is 3.54. The fourth-order valence-corrected chi connectivity index (χ4v) is 3.54. The van der Waals surface area contributed by atoms with Crippen molar-refractivity contribution in [2.24, 2.45) is 0 Å². The number of nitrogens with one attached hydrogen (secondary N) is 2. The fraction of sp³-hybridized carbons (Fsp3) is 0.292. The summed E-state index contributed by atoms with van der Waals surface area (Å²) in [4.78, 5) is 38.0. The Morgan fingerprint density at radius 1 is 0.970 bits per heavy atom. The number of benzene rings is 2. The molecule has 0 bridgehead atoms. The summed E-state index contributed by atoms with van der Waals surface area (Å²) >= 11 is 0. The average Bonchev–Trinajstić information content (AvgIpc) is 2.79. The van der Waals surface area contributed by atoms with Crippen LogP contribution in [0.3, 0.4) is 0 Å². The maximum Gasteiger partial charge on any atom is 0.336 e. The molecule has 172 valence electrons. The van der Waals surface area contributed by atoms with Crippen molar-refractivity contribution in [3.8, 4) is 5.75 Å². The van der Waals surface area contributed by atoms with E-state index in [0.717, 1.165) is 24.0 Å². The van der Waals surface area contributed by atoms with Crippen molar-refractivity contribution in [1.82, 2.24) is 4.90 Å². The van der Waals surface area contributed by atoms with Gasteiger partial charge in [-0.3, -0.25) is 14.5 Å². The van der Waals surface area contributed by atoms with Crippen molar-refractivity contribution >= 4 is 34.2 Å². The van der Waals surface area contributed by atoms with Crippen LogP contribution in [0.15, 0.2) is 57.7 Å². The lowest BCUT2D eigenvalue weighted by molar-refractivity contribution is -0.119. The van der Waals surface area contributed by atoms with E-state index >= 15 is 0 Å². The Morgan fingerprint density at radius 3 is 2.33 bits per heavy atom. The molecule has 1 aliphatic rings. The molecule has 2 amide bonds. The van der Waals surface area contributed by atoms with Crippen LogP contribution in [-0.4, -0.2) is 56.2 Å². The lowest BCUT2D eigenvalue weighted by atomic mass is 10.1. The maximum absolute atomic E-state index is 12.2. The summed E-state index contributed by atoms with van der Waals surface area (Å²) in [6.45, 7) is 4.71. The first kappa shape index (κ1) is 22.5. The van der Waals surface area contributed by atoms with Crippen molar-refractivity contribution in [2.45, 2.75) is 6.92 Å². The first-order chi connectivity index (χ1) is 16.0. The van der Waals surface area contributed by atoms with Crippen LogP contribution in [0.25, 0.3) is 11.0 Å². The molecule has 0 unspecified atom stereocenters. The summed E-state index contributed by atoms with van der Waals surface area (Å²) in [7, 11) is 0. The monoisotopic (exact) mass is 451 g/mol. The number of nitrogens with zero attached hydrogens (tertiary/aromatic N) is 1. The molecular formula is C24H25N3O6. The van der Waals surface area contributed by atoms with Crippen molar-refractivity contribution < 1.29 is 23.5 Å². The molecule has 0 saturated carbocycles. The van der Waals surface area contributed by atoms with E-state index in [2.05, 4.69) is 10.6 Å². The number of rotatable bonds is 7. The average molecular weight is 451 g/mol. The van der Waals surface area contributed by atoms with Gasteiger partial charge in [-0.15, -0.1) is 0 Å². The smallest absolute Gasteiger partial charge is 0.336 e. The predicted molar refractivity (Wildman–Crippen MR) is 124 cm³/mol. The molecule has 1 saturated heterocycles. The number of hydrogen-bond donors (Lipinski definition) is 2. The number of fused-ring (bicyclic) bond motifs is 1. The molecule has 1 aliphatic heterocycles. The van der Waals surface area contributed by atoms with E-state index in [1.165, 1.54) is 6.07 Å². The van der Waals surface area contributed by atoms with E-state index in [-0.39, 0.29) is 18.4 Å². The number of anilines is 2. The van der Waals surface area contributed by atoms with Crippen LogP contribution < -0.4 is 21.0 Å². The van der Waals surface area contributed by atoms with E-state index in [1.807, 2.05) is 11.8 Å². The first-order valence-electron chi connectivity index (χ1n) is 10.6. The van der Waals surface area contributed by atoms with Crippen LogP contribution in [0.2, 0.25) is 0 Å². The highest BCUT2D eigenvalue weighted by Gasteiger charge is 2.14. The third-order valence-corrected chi connectivity index (χ3v) is 5.22. The number of hydrogen-bond acceptors (Lipinski definition) is 7. The van der Waals surface area contributed by atoms with Gasteiger partial charge < -0.3 is 24.5 Å². The molecule has 0 radical (unpaired) electrons. The molecular weight excluding hydrogens is 426 g/mol. The number of morpholine rings is 1. The second-order valence-electron chi connectivity index (χ2n) is 7.76. The lowest BCUT2D eigenvalue weighted by Crippen LogP contribution is -2.41. The molecule has 2 heterocycles. The van der Waals surface area contributed by atoms with Gasteiger partial charge in [0.05, 0.1) is 19.8 Å². The molecule has 4 rings (SSSR count). The Labute approximate surface area is 190 Å². The number of ether oxygens (including phenoxy) is 2. The Balaban J connectivity index is 1.26. The van der Waals surface area contributed by atoms with Crippen LogP contribution in [0, 0.1) is 6.92 Å². The lowest BCUT2D eigenvalue weighted by Gasteiger charge is -2.25. The Hall–Kier alpha value is -3.69. The largest absolute Gasteiger partial charge is 0.484 e. The van der Waals surface area contributed by atoms with Gasteiger partial charge in [-0.05, 0) is 48.9 Å². The van der Waals surface area contributed by atoms with Crippen LogP contribution in [0.1, 0.15) is 5.56 Å². The minimum Gasteiger partial charge on any atom is -0.484 e. The molecule has 0 atom stereocenters. The highest BCUT2D eigenvalue weighted by atomic mass is 16.5. The predicted octanol–water partition coefficient (Wildman–Crippen LogP) is 2.39. The Morgan fingerprint density at radius 2 is 1.64 bits per heavy atom. The standard InChI is InChI=1S/C24H25N3O6/c1-16-12-24(30)33-21-13-19(6-7-20(16)21)32-15-23(29)26-18-4-2-17(3-5-18)25-22(28)14-27-8-10-31-11-9-27/h2-7,12-13H,8-11,14-15H2,1H3,(H,25,28)(H,26,29). The van der Waals surface area contributed by atoms with E-state index in [4.69, 9.17) is 13.9 Å². The second-order valence-corrected chi connectivity index (χ2v) is 7.76. The number of carbonyl (C=O) groups excluding carboxylic acids is 2. The zero-order chi connectivity index (χ0) is 23.2. The van der Waals surface area contributed by atoms with Crippen molar-refractivity contribution in [2.75, 3.05) is 50.1 Å². The SMILES string of the molecule is Cc1cc(=O)oc2cc(OCC(=O)Nc3ccc(NC(=O)CN4CCOCC4)cc3)ccc12. The molecule has 0 aliphatic carbocycles. The third-order valence-electron chi connectivity index (χ3n) is 5.22. The molecule has 3 aromatic rings. The van der Waals surface area contributed by atoms with Gasteiger partial charge in [0.15, 0.2) is 6.61 Å². The topological polar surface area (TPSA) is 110 Å². The Kier molecular flexibility index (Phi) is 7.01. The van der Waals surface area contributed by atoms with Gasteiger partial charge in [-0.2, -0.15) is 0 Å². The quantitative estimate of drug-likeness (QED) is 0.531. The van der Waals surface area contributed by atoms with Crippen LogP contribution in [0.5, 0.6) is 5.75 Å². The van der Waals surface area contributed by atoms with Gasteiger partial charge in [0, 0.05) is 42.0 Å². The zero-order valence-corrected chi connectivity index (χ0v) is 18.3. The molecule has 9 heteroatoms. The van der Waals surface area contributed by atoms with Crippen LogP contribution in [0.4, 0.5) is 11.4 Å². The highest BCUT2D eigenvalue weighted by molar-refractivity contribution is 5.94. The van der Waals surface area contributed by atoms with E-state index in [0.29, 0.717) is 42.5 Å². The summed E-state index contributed by atoms with van der Waals surface area (Å²) < 4.78 is 16.0.